The molecule has 154 valence electrons. The van der Waals surface area contributed by atoms with E-state index >= 15 is 0 Å². The SMILES string of the molecule is COc1cc(C(=O)OCC(=O)Nc2ccccc2C(C)C)c([N+](=O)[O-])cc1OC. The van der Waals surface area contributed by atoms with Gasteiger partial charge in [0, 0.05) is 11.8 Å². The maximum Gasteiger partial charge on any atom is 0.345 e. The van der Waals surface area contributed by atoms with E-state index in [9.17, 15) is 19.7 Å². The van der Waals surface area contributed by atoms with Gasteiger partial charge in [-0.1, -0.05) is 32.0 Å². The summed E-state index contributed by atoms with van der Waals surface area (Å²) >= 11 is 0. The van der Waals surface area contributed by atoms with E-state index in [-0.39, 0.29) is 23.0 Å². The van der Waals surface area contributed by atoms with Crippen molar-refractivity contribution in [2.24, 2.45) is 0 Å². The number of methoxy groups -OCH3 is 2. The number of carbonyl (C=O) groups excluding carboxylic acids is 2. The topological polar surface area (TPSA) is 117 Å². The molecule has 0 unspecified atom stereocenters. The summed E-state index contributed by atoms with van der Waals surface area (Å²) in [4.78, 5) is 35.1. The normalized spacial score (nSPS) is 10.4. The first-order chi connectivity index (χ1) is 13.8. The Hall–Kier alpha value is -3.62. The fourth-order valence-electron chi connectivity index (χ4n) is 2.69. The number of benzene rings is 2. The third kappa shape index (κ3) is 5.22. The molecule has 2 aromatic rings. The van der Waals surface area contributed by atoms with Crippen LogP contribution in [0.15, 0.2) is 36.4 Å². The van der Waals surface area contributed by atoms with Gasteiger partial charge >= 0.3 is 5.97 Å². The number of nitro groups is 1. The highest BCUT2D eigenvalue weighted by Gasteiger charge is 2.26. The monoisotopic (exact) mass is 402 g/mol. The van der Waals surface area contributed by atoms with Crippen molar-refractivity contribution in [1.29, 1.82) is 0 Å². The van der Waals surface area contributed by atoms with Crippen LogP contribution in [0.2, 0.25) is 0 Å². The lowest BCUT2D eigenvalue weighted by Crippen LogP contribution is -2.22. The zero-order chi connectivity index (χ0) is 21.6. The molecule has 0 aliphatic rings. The largest absolute Gasteiger partial charge is 0.493 e. The van der Waals surface area contributed by atoms with Gasteiger partial charge in [-0.2, -0.15) is 0 Å². The second-order valence-corrected chi connectivity index (χ2v) is 6.35. The molecule has 0 aliphatic heterocycles. The predicted octanol–water partition coefficient (Wildman–Crippen LogP) is 3.53. The summed E-state index contributed by atoms with van der Waals surface area (Å²) < 4.78 is 15.1. The van der Waals surface area contributed by atoms with Gasteiger partial charge in [0.25, 0.3) is 11.6 Å². The number of hydrogen-bond donors (Lipinski definition) is 1. The maximum atomic E-state index is 12.4. The summed E-state index contributed by atoms with van der Waals surface area (Å²) in [6.07, 6.45) is 0. The molecule has 0 radical (unpaired) electrons. The first-order valence-corrected chi connectivity index (χ1v) is 8.74. The zero-order valence-electron chi connectivity index (χ0n) is 16.6. The number of esters is 1. The summed E-state index contributed by atoms with van der Waals surface area (Å²) in [6, 6.07) is 9.48. The summed E-state index contributed by atoms with van der Waals surface area (Å²) in [7, 11) is 2.65. The van der Waals surface area contributed by atoms with Gasteiger partial charge in [-0.25, -0.2) is 4.79 Å². The Morgan fingerprint density at radius 2 is 1.72 bits per heavy atom. The minimum absolute atomic E-state index is 0.0961. The number of nitrogens with zero attached hydrogens (tertiary/aromatic N) is 1. The molecule has 0 heterocycles. The number of ether oxygens (including phenoxy) is 3. The standard InChI is InChI=1S/C20H22N2O7/c1-12(2)13-7-5-6-8-15(13)21-19(23)11-29-20(24)14-9-17(27-3)18(28-4)10-16(14)22(25)26/h5-10,12H,11H2,1-4H3,(H,21,23). The molecule has 0 atom stereocenters. The van der Waals surface area contributed by atoms with Crippen LogP contribution in [0, 0.1) is 10.1 Å². The maximum absolute atomic E-state index is 12.4. The van der Waals surface area contributed by atoms with Crippen LogP contribution < -0.4 is 14.8 Å². The Morgan fingerprint density at radius 3 is 2.31 bits per heavy atom. The summed E-state index contributed by atoms with van der Waals surface area (Å²) in [5.74, 6) is -1.18. The molecule has 0 saturated carbocycles. The molecule has 0 bridgehead atoms. The fourth-order valence-corrected chi connectivity index (χ4v) is 2.69. The van der Waals surface area contributed by atoms with Crippen molar-refractivity contribution >= 4 is 23.3 Å². The van der Waals surface area contributed by atoms with Crippen molar-refractivity contribution in [3.05, 3.63) is 57.6 Å². The van der Waals surface area contributed by atoms with Gasteiger partial charge in [0.05, 0.1) is 25.2 Å². The number of rotatable bonds is 8. The van der Waals surface area contributed by atoms with Crippen molar-refractivity contribution in [3.63, 3.8) is 0 Å². The second kappa shape index (κ2) is 9.54. The van der Waals surface area contributed by atoms with E-state index in [0.717, 1.165) is 17.7 Å². The Bertz CT molecular complexity index is 925. The molecule has 1 amide bonds. The van der Waals surface area contributed by atoms with Crippen LogP contribution in [-0.4, -0.2) is 37.6 Å². The number of hydrogen-bond acceptors (Lipinski definition) is 7. The summed E-state index contributed by atoms with van der Waals surface area (Å²) in [5, 5.41) is 14.0. The van der Waals surface area contributed by atoms with Crippen LogP contribution in [-0.2, 0) is 9.53 Å². The Labute approximate surface area is 167 Å². The van der Waals surface area contributed by atoms with Crippen LogP contribution in [0.4, 0.5) is 11.4 Å². The molecule has 0 saturated heterocycles. The molecule has 0 spiro atoms. The molecule has 0 fully saturated rings. The second-order valence-electron chi connectivity index (χ2n) is 6.35. The minimum Gasteiger partial charge on any atom is -0.493 e. The van der Waals surface area contributed by atoms with E-state index in [0.29, 0.717) is 5.69 Å². The van der Waals surface area contributed by atoms with Gasteiger partial charge in [0.15, 0.2) is 18.1 Å². The van der Waals surface area contributed by atoms with Crippen molar-refractivity contribution in [2.45, 2.75) is 19.8 Å². The average molecular weight is 402 g/mol. The van der Waals surface area contributed by atoms with E-state index in [1.54, 1.807) is 12.1 Å². The van der Waals surface area contributed by atoms with E-state index < -0.39 is 29.1 Å². The molecule has 1 N–H and O–H groups in total. The lowest BCUT2D eigenvalue weighted by atomic mass is 10.0. The lowest BCUT2D eigenvalue weighted by molar-refractivity contribution is -0.385. The molecule has 2 rings (SSSR count). The van der Waals surface area contributed by atoms with Crippen molar-refractivity contribution < 1.29 is 28.7 Å². The molecule has 2 aromatic carbocycles. The number of nitro benzene ring substituents is 1. The smallest absolute Gasteiger partial charge is 0.345 e. The average Bonchev–Trinajstić information content (AvgIpc) is 2.70. The molecule has 29 heavy (non-hydrogen) atoms. The molecule has 9 nitrogen and oxygen atoms in total. The quantitative estimate of drug-likeness (QED) is 0.408. The third-order valence-corrected chi connectivity index (χ3v) is 4.11. The summed E-state index contributed by atoms with van der Waals surface area (Å²) in [5.41, 5.74) is 0.685. The van der Waals surface area contributed by atoms with Gasteiger partial charge in [0.2, 0.25) is 0 Å². The van der Waals surface area contributed by atoms with Crippen LogP contribution in [0.5, 0.6) is 11.5 Å². The fraction of sp³-hybridized carbons (Fsp3) is 0.300. The van der Waals surface area contributed by atoms with E-state index in [4.69, 9.17) is 14.2 Å². The first kappa shape index (κ1) is 21.7. The van der Waals surface area contributed by atoms with Crippen molar-refractivity contribution in [2.75, 3.05) is 26.1 Å². The molecular weight excluding hydrogens is 380 g/mol. The number of anilines is 1. The number of amides is 1. The van der Waals surface area contributed by atoms with Gasteiger partial charge in [-0.3, -0.25) is 14.9 Å². The highest BCUT2D eigenvalue weighted by molar-refractivity contribution is 5.98. The molecule has 0 aromatic heterocycles. The molecular formula is C20H22N2O7. The Morgan fingerprint density at radius 1 is 1.10 bits per heavy atom. The molecule has 9 heteroatoms. The Kier molecular flexibility index (Phi) is 7.13. The van der Waals surface area contributed by atoms with Gasteiger partial charge in [-0.15, -0.1) is 0 Å². The van der Waals surface area contributed by atoms with Gasteiger partial charge in [-0.05, 0) is 17.5 Å². The van der Waals surface area contributed by atoms with Crippen LogP contribution in [0.1, 0.15) is 35.7 Å². The van der Waals surface area contributed by atoms with Crippen LogP contribution >= 0.6 is 0 Å². The van der Waals surface area contributed by atoms with Crippen LogP contribution in [0.3, 0.4) is 0 Å². The predicted molar refractivity (Wildman–Crippen MR) is 106 cm³/mol. The highest BCUT2D eigenvalue weighted by Crippen LogP contribution is 2.34. The van der Waals surface area contributed by atoms with Gasteiger partial charge in [0.1, 0.15) is 5.56 Å². The first-order valence-electron chi connectivity index (χ1n) is 8.74. The van der Waals surface area contributed by atoms with E-state index in [2.05, 4.69) is 5.32 Å². The minimum atomic E-state index is -1.02. The highest BCUT2D eigenvalue weighted by atomic mass is 16.6. The van der Waals surface area contributed by atoms with E-state index in [1.165, 1.54) is 14.2 Å². The van der Waals surface area contributed by atoms with E-state index in [1.807, 2.05) is 26.0 Å². The zero-order valence-corrected chi connectivity index (χ0v) is 16.6. The van der Waals surface area contributed by atoms with Crippen LogP contribution in [0.25, 0.3) is 0 Å². The number of carbonyl (C=O) groups is 2. The van der Waals surface area contributed by atoms with Crippen molar-refractivity contribution in [3.8, 4) is 11.5 Å². The lowest BCUT2D eigenvalue weighted by Gasteiger charge is -2.14. The Balaban J connectivity index is 2.15. The number of para-hydroxylation sites is 1. The third-order valence-electron chi connectivity index (χ3n) is 4.11. The number of nitrogens with one attached hydrogen (secondary N) is 1. The van der Waals surface area contributed by atoms with Crippen molar-refractivity contribution in [1.82, 2.24) is 0 Å². The van der Waals surface area contributed by atoms with Gasteiger partial charge < -0.3 is 19.5 Å². The molecule has 0 aliphatic carbocycles. The summed E-state index contributed by atoms with van der Waals surface area (Å²) in [6.45, 7) is 3.37.